The maximum absolute atomic E-state index is 13.4. The van der Waals surface area contributed by atoms with E-state index in [0.717, 1.165) is 0 Å². The molecule has 0 aliphatic rings. The van der Waals surface area contributed by atoms with Gasteiger partial charge in [-0.15, -0.1) is 5.10 Å². The molecule has 98 valence electrons. The summed E-state index contributed by atoms with van der Waals surface area (Å²) in [5.74, 6) is 5.42. The Morgan fingerprint density at radius 2 is 2.26 bits per heavy atom. The van der Waals surface area contributed by atoms with Crippen molar-refractivity contribution in [1.82, 2.24) is 15.0 Å². The molecule has 1 aromatic carbocycles. The van der Waals surface area contributed by atoms with E-state index in [-0.39, 0.29) is 13.2 Å². The number of nitrogens with zero attached hydrogens (tertiary/aromatic N) is 3. The summed E-state index contributed by atoms with van der Waals surface area (Å²) >= 11 is 0. The number of aryl methyl sites for hydroxylation is 1. The Hall–Kier alpha value is -2.39. The van der Waals surface area contributed by atoms with Crippen LogP contribution in [0, 0.1) is 17.7 Å². The molecular weight excluding hydrogens is 247 g/mol. The van der Waals surface area contributed by atoms with Crippen molar-refractivity contribution in [3.8, 4) is 17.6 Å². The molecule has 2 rings (SSSR count). The summed E-state index contributed by atoms with van der Waals surface area (Å²) in [5.41, 5.74) is 6.47. The topological polar surface area (TPSA) is 66.0 Å². The number of hydrogen-bond donors (Lipinski definition) is 1. The molecule has 0 aliphatic heterocycles. The van der Waals surface area contributed by atoms with Gasteiger partial charge in [0.25, 0.3) is 0 Å². The minimum atomic E-state index is -0.405. The number of hydrogen-bond acceptors (Lipinski definition) is 4. The van der Waals surface area contributed by atoms with Crippen molar-refractivity contribution in [3.63, 3.8) is 0 Å². The summed E-state index contributed by atoms with van der Waals surface area (Å²) in [7, 11) is 1.76. The molecule has 0 saturated carbocycles. The fourth-order valence-corrected chi connectivity index (χ4v) is 1.49. The highest BCUT2D eigenvalue weighted by Gasteiger charge is 2.03. The fraction of sp³-hybridized carbons (Fsp3) is 0.231. The minimum Gasteiger partial charge on any atom is -0.487 e. The molecule has 0 spiro atoms. The average molecular weight is 260 g/mol. The van der Waals surface area contributed by atoms with Crippen LogP contribution in [0.1, 0.15) is 11.3 Å². The first kappa shape index (κ1) is 13.1. The lowest BCUT2D eigenvalue weighted by atomic mass is 10.2. The molecule has 2 aromatic rings. The smallest absolute Gasteiger partial charge is 0.134 e. The van der Waals surface area contributed by atoms with Gasteiger partial charge in [-0.25, -0.2) is 4.39 Å². The Labute approximate surface area is 110 Å². The number of ether oxygens (including phenoxy) is 1. The summed E-state index contributed by atoms with van der Waals surface area (Å²) in [6, 6.07) is 4.28. The number of rotatable bonds is 3. The molecule has 5 nitrogen and oxygen atoms in total. The van der Waals surface area contributed by atoms with E-state index in [1.165, 1.54) is 12.1 Å². The van der Waals surface area contributed by atoms with Gasteiger partial charge in [0.05, 0.1) is 12.7 Å². The summed E-state index contributed by atoms with van der Waals surface area (Å²) in [4.78, 5) is 0. The maximum atomic E-state index is 13.4. The molecule has 0 unspecified atom stereocenters. The van der Waals surface area contributed by atoms with Crippen LogP contribution in [-0.2, 0) is 13.7 Å². The van der Waals surface area contributed by atoms with Crippen LogP contribution in [-0.4, -0.2) is 21.5 Å². The summed E-state index contributed by atoms with van der Waals surface area (Å²) in [5, 5.41) is 7.66. The molecule has 19 heavy (non-hydrogen) atoms. The van der Waals surface area contributed by atoms with E-state index < -0.39 is 5.82 Å². The standard InChI is InChI=1S/C13H13FN4O/c1-18-8-12(16-17-18)9-19-13-6-10(3-2-4-15)5-11(14)7-13/h5-8H,4,9,15H2,1H3. The van der Waals surface area contributed by atoms with Crippen molar-refractivity contribution in [3.05, 3.63) is 41.5 Å². The molecule has 0 bridgehead atoms. The molecule has 1 aromatic heterocycles. The summed E-state index contributed by atoms with van der Waals surface area (Å²) in [6.07, 6.45) is 1.73. The van der Waals surface area contributed by atoms with Crippen LogP contribution >= 0.6 is 0 Å². The van der Waals surface area contributed by atoms with E-state index >= 15 is 0 Å². The molecule has 0 amide bonds. The highest BCUT2D eigenvalue weighted by molar-refractivity contribution is 5.40. The first-order valence-electron chi connectivity index (χ1n) is 5.65. The Morgan fingerprint density at radius 1 is 1.42 bits per heavy atom. The SMILES string of the molecule is Cn1cc(COc2cc(F)cc(C#CCN)c2)nn1. The second kappa shape index (κ2) is 5.98. The third kappa shape index (κ3) is 3.79. The van der Waals surface area contributed by atoms with Gasteiger partial charge in [0.15, 0.2) is 0 Å². The van der Waals surface area contributed by atoms with Crippen LogP contribution in [0.3, 0.4) is 0 Å². The predicted octanol–water partition coefficient (Wildman–Crippen LogP) is 0.843. The lowest BCUT2D eigenvalue weighted by Gasteiger charge is -2.04. The quantitative estimate of drug-likeness (QED) is 0.831. The number of halogens is 1. The molecule has 2 N–H and O–H groups in total. The zero-order valence-electron chi connectivity index (χ0n) is 10.4. The van der Waals surface area contributed by atoms with Gasteiger partial charge in [-0.05, 0) is 12.1 Å². The minimum absolute atomic E-state index is 0.223. The second-order valence-electron chi connectivity index (χ2n) is 3.85. The summed E-state index contributed by atoms with van der Waals surface area (Å²) < 4.78 is 20.4. The van der Waals surface area contributed by atoms with Gasteiger partial charge in [0.1, 0.15) is 23.9 Å². The third-order valence-corrected chi connectivity index (χ3v) is 2.24. The molecule has 0 radical (unpaired) electrons. The van der Waals surface area contributed by atoms with E-state index in [2.05, 4.69) is 22.2 Å². The van der Waals surface area contributed by atoms with Crippen LogP contribution in [0.5, 0.6) is 5.75 Å². The normalized spacial score (nSPS) is 9.84. The van der Waals surface area contributed by atoms with Gasteiger partial charge in [-0.3, -0.25) is 4.68 Å². The highest BCUT2D eigenvalue weighted by atomic mass is 19.1. The molecule has 1 heterocycles. The number of aromatic nitrogens is 3. The number of benzene rings is 1. The van der Waals surface area contributed by atoms with E-state index in [0.29, 0.717) is 17.0 Å². The summed E-state index contributed by atoms with van der Waals surface area (Å²) in [6.45, 7) is 0.452. The van der Waals surface area contributed by atoms with Crippen LogP contribution in [0.4, 0.5) is 4.39 Å². The van der Waals surface area contributed by atoms with E-state index in [1.807, 2.05) is 0 Å². The third-order valence-electron chi connectivity index (χ3n) is 2.24. The van der Waals surface area contributed by atoms with E-state index in [1.54, 1.807) is 24.0 Å². The van der Waals surface area contributed by atoms with Gasteiger partial charge in [-0.2, -0.15) is 0 Å². The van der Waals surface area contributed by atoms with Crippen LogP contribution in [0.2, 0.25) is 0 Å². The van der Waals surface area contributed by atoms with Gasteiger partial charge >= 0.3 is 0 Å². The van der Waals surface area contributed by atoms with Gasteiger partial charge < -0.3 is 10.5 Å². The highest BCUT2D eigenvalue weighted by Crippen LogP contribution is 2.17. The van der Waals surface area contributed by atoms with Crippen molar-refractivity contribution in [1.29, 1.82) is 0 Å². The first-order chi connectivity index (χ1) is 9.17. The molecular formula is C13H13FN4O. The molecule has 0 atom stereocenters. The lowest BCUT2D eigenvalue weighted by Crippen LogP contribution is -1.97. The Morgan fingerprint density at radius 3 is 2.95 bits per heavy atom. The van der Waals surface area contributed by atoms with Gasteiger partial charge in [0, 0.05) is 18.7 Å². The zero-order chi connectivity index (χ0) is 13.7. The van der Waals surface area contributed by atoms with Crippen LogP contribution in [0.25, 0.3) is 0 Å². The fourth-order valence-electron chi connectivity index (χ4n) is 1.49. The van der Waals surface area contributed by atoms with Crippen molar-refractivity contribution in [2.45, 2.75) is 6.61 Å². The van der Waals surface area contributed by atoms with Crippen molar-refractivity contribution in [2.24, 2.45) is 12.8 Å². The van der Waals surface area contributed by atoms with E-state index in [4.69, 9.17) is 10.5 Å². The van der Waals surface area contributed by atoms with Crippen LogP contribution < -0.4 is 10.5 Å². The van der Waals surface area contributed by atoms with Gasteiger partial charge in [-0.1, -0.05) is 17.1 Å². The largest absolute Gasteiger partial charge is 0.487 e. The Balaban J connectivity index is 2.09. The maximum Gasteiger partial charge on any atom is 0.134 e. The van der Waals surface area contributed by atoms with Crippen molar-refractivity contribution < 1.29 is 9.13 Å². The van der Waals surface area contributed by atoms with Crippen molar-refractivity contribution in [2.75, 3.05) is 6.54 Å². The molecule has 0 aliphatic carbocycles. The molecule has 0 saturated heterocycles. The van der Waals surface area contributed by atoms with Gasteiger partial charge in [0.2, 0.25) is 0 Å². The Bertz CT molecular complexity index is 627. The average Bonchev–Trinajstić information content (AvgIpc) is 2.79. The second-order valence-corrected chi connectivity index (χ2v) is 3.85. The zero-order valence-corrected chi connectivity index (χ0v) is 10.4. The van der Waals surface area contributed by atoms with Crippen LogP contribution in [0.15, 0.2) is 24.4 Å². The van der Waals surface area contributed by atoms with Crippen molar-refractivity contribution >= 4 is 0 Å². The number of nitrogens with two attached hydrogens (primary N) is 1. The van der Waals surface area contributed by atoms with E-state index in [9.17, 15) is 4.39 Å². The first-order valence-corrected chi connectivity index (χ1v) is 5.65. The molecule has 0 fully saturated rings. The monoisotopic (exact) mass is 260 g/mol. The molecule has 6 heteroatoms. The lowest BCUT2D eigenvalue weighted by molar-refractivity contribution is 0.299. The Kier molecular flexibility index (Phi) is 4.11. The predicted molar refractivity (Wildman–Crippen MR) is 67.7 cm³/mol.